The van der Waals surface area contributed by atoms with E-state index in [0.29, 0.717) is 23.8 Å². The van der Waals surface area contributed by atoms with E-state index >= 15 is 0 Å². The van der Waals surface area contributed by atoms with Crippen LogP contribution >= 0.6 is 11.3 Å². The molecule has 1 fully saturated rings. The number of carboxylic acid groups (broad SMARTS) is 1. The number of nitrogens with one attached hydrogen (secondary N) is 2. The van der Waals surface area contributed by atoms with Crippen LogP contribution in [0.3, 0.4) is 0 Å². The third-order valence-corrected chi connectivity index (χ3v) is 6.71. The van der Waals surface area contributed by atoms with Gasteiger partial charge in [0.1, 0.15) is 0 Å². The molecule has 11 heteroatoms. The Morgan fingerprint density at radius 1 is 1.26 bits per heavy atom. The minimum atomic E-state index is -1.16. The van der Waals surface area contributed by atoms with Gasteiger partial charge in [0.25, 0.3) is 0 Å². The quantitative estimate of drug-likeness (QED) is 0.359. The Labute approximate surface area is 209 Å². The Morgan fingerprint density at radius 2 is 2.00 bits per heavy atom. The molecule has 0 spiro atoms. The zero-order chi connectivity index (χ0) is 25.4. The average molecular weight is 501 g/mol. The van der Waals surface area contributed by atoms with E-state index in [0.717, 1.165) is 54.8 Å². The van der Waals surface area contributed by atoms with Crippen molar-refractivity contribution in [1.29, 1.82) is 0 Å². The fraction of sp³-hybridized carbons (Fsp3) is 0.458. The summed E-state index contributed by atoms with van der Waals surface area (Å²) in [5.74, 6) is 0.0292. The molecule has 2 heterocycles. The van der Waals surface area contributed by atoms with Crippen molar-refractivity contribution < 1.29 is 19.5 Å². The molecule has 1 aliphatic rings. The molecular formula is C24H32N6O4S. The molecule has 35 heavy (non-hydrogen) atoms. The van der Waals surface area contributed by atoms with Gasteiger partial charge in [-0.15, -0.1) is 11.3 Å². The second-order valence-corrected chi connectivity index (χ2v) is 9.83. The summed E-state index contributed by atoms with van der Waals surface area (Å²) in [5, 5.41) is 14.1. The van der Waals surface area contributed by atoms with Gasteiger partial charge in [-0.25, -0.2) is 14.8 Å². The summed E-state index contributed by atoms with van der Waals surface area (Å²) in [6.07, 6.45) is 3.34. The summed E-state index contributed by atoms with van der Waals surface area (Å²) in [4.78, 5) is 48.4. The highest BCUT2D eigenvalue weighted by Gasteiger charge is 2.27. The molecule has 1 aromatic carbocycles. The van der Waals surface area contributed by atoms with Crippen LogP contribution in [0.15, 0.2) is 29.3 Å². The number of rotatable bonds is 9. The lowest BCUT2D eigenvalue weighted by Gasteiger charge is -2.33. The Hall–Kier alpha value is -3.31. The monoisotopic (exact) mass is 500 g/mol. The van der Waals surface area contributed by atoms with Gasteiger partial charge in [0.15, 0.2) is 5.13 Å². The molecule has 0 bridgehead atoms. The molecule has 1 saturated heterocycles. The predicted octanol–water partition coefficient (Wildman–Crippen LogP) is 3.11. The summed E-state index contributed by atoms with van der Waals surface area (Å²) in [5.41, 5.74) is 2.70. The zero-order valence-electron chi connectivity index (χ0n) is 20.3. The number of carbonyl (C=O) groups is 3. The molecule has 0 unspecified atom stereocenters. The van der Waals surface area contributed by atoms with E-state index in [-0.39, 0.29) is 17.7 Å². The van der Waals surface area contributed by atoms with Crippen LogP contribution in [0.5, 0.6) is 0 Å². The maximum atomic E-state index is 12.5. The molecule has 1 atom stereocenters. The number of aromatic nitrogens is 1. The lowest BCUT2D eigenvalue weighted by molar-refractivity contribution is -0.134. The van der Waals surface area contributed by atoms with E-state index in [1.807, 2.05) is 24.3 Å². The zero-order valence-corrected chi connectivity index (χ0v) is 21.1. The second-order valence-electron chi connectivity index (χ2n) is 8.75. The van der Waals surface area contributed by atoms with E-state index in [4.69, 9.17) is 5.11 Å². The molecule has 10 nitrogen and oxygen atoms in total. The minimum absolute atomic E-state index is 0.0109. The third kappa shape index (κ3) is 8.15. The van der Waals surface area contributed by atoms with Crippen LogP contribution in [0.2, 0.25) is 0 Å². The van der Waals surface area contributed by atoms with Gasteiger partial charge >= 0.3 is 6.09 Å². The molecule has 3 N–H and O–H groups in total. The number of aryl methyl sites for hydroxylation is 2. The maximum absolute atomic E-state index is 12.5. The van der Waals surface area contributed by atoms with Gasteiger partial charge in [-0.1, -0.05) is 12.1 Å². The van der Waals surface area contributed by atoms with Gasteiger partial charge in [0.05, 0.1) is 23.6 Å². The Kier molecular flexibility index (Phi) is 9.32. The summed E-state index contributed by atoms with van der Waals surface area (Å²) in [6.45, 7) is 3.83. The van der Waals surface area contributed by atoms with E-state index in [1.165, 1.54) is 18.3 Å². The van der Waals surface area contributed by atoms with E-state index in [1.54, 1.807) is 19.0 Å². The largest absolute Gasteiger partial charge is 0.465 e. The van der Waals surface area contributed by atoms with Crippen molar-refractivity contribution in [2.24, 2.45) is 10.9 Å². The first-order valence-electron chi connectivity index (χ1n) is 11.5. The van der Waals surface area contributed by atoms with Gasteiger partial charge in [0.2, 0.25) is 11.8 Å². The number of thiazole rings is 1. The van der Waals surface area contributed by atoms with Gasteiger partial charge < -0.3 is 15.3 Å². The molecule has 3 amide bonds. The lowest BCUT2D eigenvalue weighted by atomic mass is 9.96. The first-order chi connectivity index (χ1) is 16.7. The predicted molar refractivity (Wildman–Crippen MR) is 136 cm³/mol. The Balaban J connectivity index is 1.67. The molecule has 0 saturated carbocycles. The normalized spacial score (nSPS) is 16.3. The highest BCUT2D eigenvalue weighted by molar-refractivity contribution is 7.15. The van der Waals surface area contributed by atoms with Gasteiger partial charge in [0, 0.05) is 39.0 Å². The first kappa shape index (κ1) is 26.3. The third-order valence-electron chi connectivity index (χ3n) is 5.71. The topological polar surface area (TPSA) is 127 Å². The maximum Gasteiger partial charge on any atom is 0.409 e. The molecule has 1 aromatic heterocycles. The number of carbonyl (C=O) groups excluding carboxylic acids is 2. The van der Waals surface area contributed by atoms with Crippen molar-refractivity contribution in [2.75, 3.05) is 32.5 Å². The molecule has 0 aliphatic carbocycles. The number of piperidine rings is 1. The van der Waals surface area contributed by atoms with Crippen molar-refractivity contribution in [3.05, 3.63) is 40.4 Å². The molecule has 2 aromatic rings. The Bertz CT molecular complexity index is 1070. The van der Waals surface area contributed by atoms with Crippen LogP contribution in [-0.2, 0) is 29.0 Å². The van der Waals surface area contributed by atoms with E-state index < -0.39 is 6.09 Å². The van der Waals surface area contributed by atoms with Crippen LogP contribution in [0.1, 0.15) is 35.9 Å². The van der Waals surface area contributed by atoms with Crippen LogP contribution in [0, 0.1) is 5.92 Å². The van der Waals surface area contributed by atoms with E-state index in [2.05, 4.69) is 25.5 Å². The lowest BCUT2D eigenvalue weighted by Crippen LogP contribution is -2.42. The average Bonchev–Trinajstić information content (AvgIpc) is 3.18. The smallest absolute Gasteiger partial charge is 0.409 e. The van der Waals surface area contributed by atoms with Crippen LogP contribution in [0.4, 0.5) is 15.6 Å². The van der Waals surface area contributed by atoms with Gasteiger partial charge in [-0.2, -0.15) is 0 Å². The number of nitrogens with zero attached hydrogens (tertiary/aromatic N) is 4. The molecule has 188 valence electrons. The number of anilines is 1. The fourth-order valence-corrected chi connectivity index (χ4v) is 5.15. The minimum Gasteiger partial charge on any atom is -0.465 e. The summed E-state index contributed by atoms with van der Waals surface area (Å²) in [6, 6.07) is 7.57. The van der Waals surface area contributed by atoms with Gasteiger partial charge in [-0.3, -0.25) is 19.8 Å². The van der Waals surface area contributed by atoms with E-state index in [9.17, 15) is 14.4 Å². The number of amides is 3. The second kappa shape index (κ2) is 12.4. The van der Waals surface area contributed by atoms with Crippen molar-refractivity contribution in [3.63, 3.8) is 0 Å². The van der Waals surface area contributed by atoms with Crippen LogP contribution in [0.25, 0.3) is 0 Å². The highest BCUT2D eigenvalue weighted by Crippen LogP contribution is 2.28. The first-order valence-corrected chi connectivity index (χ1v) is 12.3. The highest BCUT2D eigenvalue weighted by atomic mass is 32.1. The fourth-order valence-electron chi connectivity index (χ4n) is 4.05. The molecule has 0 radical (unpaired) electrons. The van der Waals surface area contributed by atoms with Crippen molar-refractivity contribution >= 4 is 46.4 Å². The van der Waals surface area contributed by atoms with Crippen molar-refractivity contribution in [1.82, 2.24) is 20.1 Å². The number of likely N-dealkylation sites (tertiary alicyclic amines) is 1. The number of aliphatic imine (C=N–C) groups is 1. The standard InChI is InChI=1S/C24H32N6O4S/c1-16(31)27-23-28-20(11-8-17-6-9-19(10-7-17)25-15-26-24(33)34)21(35-23)14-30-12-4-5-18(13-30)22(32)29(2)3/h6-7,9-10,15,18H,4-5,8,11-14H2,1-3H3,(H,25,26)(H,33,34)(H,27,28,31)/t18-/m0/s1. The molecular weight excluding hydrogens is 468 g/mol. The van der Waals surface area contributed by atoms with Crippen LogP contribution < -0.4 is 10.6 Å². The van der Waals surface area contributed by atoms with Crippen molar-refractivity contribution in [2.45, 2.75) is 39.2 Å². The molecule has 3 rings (SSSR count). The van der Waals surface area contributed by atoms with Gasteiger partial charge in [-0.05, 0) is 49.9 Å². The molecule has 1 aliphatic heterocycles. The van der Waals surface area contributed by atoms with Crippen molar-refractivity contribution in [3.8, 4) is 0 Å². The summed E-state index contributed by atoms with van der Waals surface area (Å²) in [7, 11) is 3.60. The number of hydrogen-bond acceptors (Lipinski definition) is 7. The number of hydrogen-bond donors (Lipinski definition) is 3. The Morgan fingerprint density at radius 3 is 2.66 bits per heavy atom. The van der Waals surface area contributed by atoms with Crippen LogP contribution in [-0.4, -0.2) is 71.3 Å². The SMILES string of the molecule is CC(=O)Nc1nc(CCc2ccc(N=CNC(=O)O)cc2)c(CN2CCC[C@H](C(=O)N(C)C)C2)s1. The summed E-state index contributed by atoms with van der Waals surface area (Å²) < 4.78 is 0. The number of benzene rings is 1. The summed E-state index contributed by atoms with van der Waals surface area (Å²) >= 11 is 1.49.